The Kier molecular flexibility index (Phi) is 2.58. The van der Waals surface area contributed by atoms with Crippen molar-refractivity contribution in [3.05, 3.63) is 35.5 Å². The number of fused-ring (bicyclic) bond motifs is 1. The van der Waals surface area contributed by atoms with Crippen LogP contribution in [0.4, 0.5) is 0 Å². The molecule has 0 spiro atoms. The molecule has 0 unspecified atom stereocenters. The molecule has 1 N–H and O–H groups in total. The van der Waals surface area contributed by atoms with Gasteiger partial charge >= 0.3 is 0 Å². The normalized spacial score (nSPS) is 10.8. The van der Waals surface area contributed by atoms with E-state index in [1.54, 1.807) is 6.07 Å². The zero-order valence-corrected chi connectivity index (χ0v) is 9.12. The second kappa shape index (κ2) is 3.89. The molecule has 0 atom stereocenters. The van der Waals surface area contributed by atoms with Crippen LogP contribution in [0.25, 0.3) is 10.9 Å². The molecule has 0 aliphatic carbocycles. The molecular weight excluding hydrogens is 186 g/mol. The fourth-order valence-electron chi connectivity index (χ4n) is 1.87. The van der Waals surface area contributed by atoms with Crippen LogP contribution in [0.5, 0.6) is 5.75 Å². The molecular formula is C13H15NO. The average Bonchev–Trinajstić information content (AvgIpc) is 2.27. The zero-order chi connectivity index (χ0) is 10.8. The first-order valence-electron chi connectivity index (χ1n) is 5.36. The second-order valence-electron chi connectivity index (χ2n) is 3.65. The lowest BCUT2D eigenvalue weighted by Gasteiger charge is -2.08. The highest BCUT2D eigenvalue weighted by atomic mass is 16.3. The highest BCUT2D eigenvalue weighted by Gasteiger charge is 2.07. The topological polar surface area (TPSA) is 33.1 Å². The van der Waals surface area contributed by atoms with Crippen LogP contribution in [0.1, 0.15) is 25.1 Å². The molecule has 78 valence electrons. The standard InChI is InChI=1S/C13H15NO/c1-3-9-8-10(4-2)14-11-6-5-7-12(15)13(9)11/h5-8,15H,3-4H2,1-2H3. The van der Waals surface area contributed by atoms with E-state index in [-0.39, 0.29) is 0 Å². The van der Waals surface area contributed by atoms with E-state index in [0.717, 1.165) is 29.4 Å². The molecule has 0 aliphatic rings. The Morgan fingerprint density at radius 2 is 2.00 bits per heavy atom. The van der Waals surface area contributed by atoms with E-state index in [1.807, 2.05) is 12.1 Å². The van der Waals surface area contributed by atoms with Gasteiger partial charge in [0.1, 0.15) is 5.75 Å². The predicted molar refractivity (Wildman–Crippen MR) is 62.2 cm³/mol. The lowest BCUT2D eigenvalue weighted by atomic mass is 10.0. The number of nitrogens with zero attached hydrogens (tertiary/aromatic N) is 1. The SMILES string of the molecule is CCc1cc(CC)c2c(O)cccc2n1. The maximum absolute atomic E-state index is 9.81. The van der Waals surface area contributed by atoms with Crippen molar-refractivity contribution < 1.29 is 5.11 Å². The lowest BCUT2D eigenvalue weighted by Crippen LogP contribution is -1.93. The summed E-state index contributed by atoms with van der Waals surface area (Å²) in [5, 5.41) is 10.7. The van der Waals surface area contributed by atoms with Crippen molar-refractivity contribution in [2.24, 2.45) is 0 Å². The van der Waals surface area contributed by atoms with Crippen molar-refractivity contribution in [2.45, 2.75) is 26.7 Å². The van der Waals surface area contributed by atoms with Crippen molar-refractivity contribution >= 4 is 10.9 Å². The number of aryl methyl sites for hydroxylation is 2. The lowest BCUT2D eigenvalue weighted by molar-refractivity contribution is 0.481. The summed E-state index contributed by atoms with van der Waals surface area (Å²) in [6.45, 7) is 4.19. The summed E-state index contributed by atoms with van der Waals surface area (Å²) in [6.07, 6.45) is 1.85. The van der Waals surface area contributed by atoms with Gasteiger partial charge in [0.2, 0.25) is 0 Å². The molecule has 2 nitrogen and oxygen atoms in total. The number of hydrogen-bond donors (Lipinski definition) is 1. The molecule has 0 saturated heterocycles. The van der Waals surface area contributed by atoms with Crippen LogP contribution in [0.15, 0.2) is 24.3 Å². The number of phenolic OH excluding ortho intramolecular Hbond substituents is 1. The van der Waals surface area contributed by atoms with E-state index < -0.39 is 0 Å². The number of hydrogen-bond acceptors (Lipinski definition) is 2. The monoisotopic (exact) mass is 201 g/mol. The van der Waals surface area contributed by atoms with E-state index in [9.17, 15) is 5.11 Å². The van der Waals surface area contributed by atoms with Gasteiger partial charge in [-0.2, -0.15) is 0 Å². The van der Waals surface area contributed by atoms with Gasteiger partial charge in [-0.1, -0.05) is 19.9 Å². The summed E-state index contributed by atoms with van der Waals surface area (Å²) >= 11 is 0. The minimum Gasteiger partial charge on any atom is -0.507 e. The van der Waals surface area contributed by atoms with Gasteiger partial charge in [-0.3, -0.25) is 4.98 Å². The van der Waals surface area contributed by atoms with E-state index in [4.69, 9.17) is 0 Å². The van der Waals surface area contributed by atoms with E-state index >= 15 is 0 Å². The number of phenols is 1. The first kappa shape index (κ1) is 9.97. The Morgan fingerprint density at radius 3 is 2.67 bits per heavy atom. The molecule has 2 rings (SSSR count). The van der Waals surface area contributed by atoms with Crippen LogP contribution >= 0.6 is 0 Å². The fourth-order valence-corrected chi connectivity index (χ4v) is 1.87. The van der Waals surface area contributed by atoms with Crippen molar-refractivity contribution in [1.82, 2.24) is 4.98 Å². The van der Waals surface area contributed by atoms with Gasteiger partial charge in [0.25, 0.3) is 0 Å². The summed E-state index contributed by atoms with van der Waals surface area (Å²) in [7, 11) is 0. The quantitative estimate of drug-likeness (QED) is 0.810. The average molecular weight is 201 g/mol. The van der Waals surface area contributed by atoms with Crippen LogP contribution in [0, 0.1) is 0 Å². The fraction of sp³-hybridized carbons (Fsp3) is 0.308. The molecule has 0 amide bonds. The number of aromatic nitrogens is 1. The van der Waals surface area contributed by atoms with Crippen molar-refractivity contribution in [3.63, 3.8) is 0 Å². The minimum atomic E-state index is 0.333. The Labute approximate surface area is 89.6 Å². The zero-order valence-electron chi connectivity index (χ0n) is 9.12. The van der Waals surface area contributed by atoms with Crippen molar-refractivity contribution in [2.75, 3.05) is 0 Å². The van der Waals surface area contributed by atoms with Crippen LogP contribution in [0.3, 0.4) is 0 Å². The third-order valence-electron chi connectivity index (χ3n) is 2.69. The Balaban J connectivity index is 2.81. The van der Waals surface area contributed by atoms with E-state index in [0.29, 0.717) is 5.75 Å². The van der Waals surface area contributed by atoms with Crippen LogP contribution in [0.2, 0.25) is 0 Å². The summed E-state index contributed by atoms with van der Waals surface area (Å²) in [5.74, 6) is 0.333. The summed E-state index contributed by atoms with van der Waals surface area (Å²) in [4.78, 5) is 4.50. The van der Waals surface area contributed by atoms with E-state index in [2.05, 4.69) is 24.9 Å². The Bertz CT molecular complexity index is 491. The number of benzene rings is 1. The molecule has 0 radical (unpaired) electrons. The molecule has 1 heterocycles. The molecule has 15 heavy (non-hydrogen) atoms. The van der Waals surface area contributed by atoms with Gasteiger partial charge in [-0.25, -0.2) is 0 Å². The van der Waals surface area contributed by atoms with Crippen molar-refractivity contribution in [3.8, 4) is 5.75 Å². The predicted octanol–water partition coefficient (Wildman–Crippen LogP) is 3.07. The second-order valence-corrected chi connectivity index (χ2v) is 3.65. The summed E-state index contributed by atoms with van der Waals surface area (Å²) in [6, 6.07) is 7.59. The molecule has 0 aliphatic heterocycles. The third-order valence-corrected chi connectivity index (χ3v) is 2.69. The van der Waals surface area contributed by atoms with Gasteiger partial charge in [0, 0.05) is 11.1 Å². The van der Waals surface area contributed by atoms with Crippen LogP contribution in [-0.4, -0.2) is 10.1 Å². The number of aromatic hydroxyl groups is 1. The molecule has 2 aromatic rings. The van der Waals surface area contributed by atoms with Gasteiger partial charge in [-0.05, 0) is 36.6 Å². The molecule has 1 aromatic carbocycles. The highest BCUT2D eigenvalue weighted by Crippen LogP contribution is 2.27. The Hall–Kier alpha value is -1.57. The van der Waals surface area contributed by atoms with Crippen molar-refractivity contribution in [1.29, 1.82) is 0 Å². The third kappa shape index (κ3) is 1.67. The highest BCUT2D eigenvalue weighted by molar-refractivity contribution is 5.88. The molecule has 2 heteroatoms. The maximum Gasteiger partial charge on any atom is 0.125 e. The minimum absolute atomic E-state index is 0.333. The first-order chi connectivity index (χ1) is 7.26. The molecule has 0 fully saturated rings. The van der Waals surface area contributed by atoms with Gasteiger partial charge in [-0.15, -0.1) is 0 Å². The molecule has 1 aromatic heterocycles. The van der Waals surface area contributed by atoms with Gasteiger partial charge in [0.15, 0.2) is 0 Å². The maximum atomic E-state index is 9.81. The first-order valence-corrected chi connectivity index (χ1v) is 5.36. The van der Waals surface area contributed by atoms with Gasteiger partial charge in [0.05, 0.1) is 5.52 Å². The summed E-state index contributed by atoms with van der Waals surface area (Å²) < 4.78 is 0. The number of pyridine rings is 1. The largest absolute Gasteiger partial charge is 0.507 e. The van der Waals surface area contributed by atoms with Crippen LogP contribution < -0.4 is 0 Å². The Morgan fingerprint density at radius 1 is 1.20 bits per heavy atom. The number of rotatable bonds is 2. The van der Waals surface area contributed by atoms with Gasteiger partial charge < -0.3 is 5.11 Å². The molecule has 0 saturated carbocycles. The molecule has 0 bridgehead atoms. The summed E-state index contributed by atoms with van der Waals surface area (Å²) in [5.41, 5.74) is 3.16. The van der Waals surface area contributed by atoms with E-state index in [1.165, 1.54) is 5.56 Å². The smallest absolute Gasteiger partial charge is 0.125 e. The van der Waals surface area contributed by atoms with Crippen LogP contribution in [-0.2, 0) is 12.8 Å².